The van der Waals surface area contributed by atoms with Crippen molar-refractivity contribution in [3.8, 4) is 11.5 Å². The van der Waals surface area contributed by atoms with Crippen molar-refractivity contribution >= 4 is 11.7 Å². The van der Waals surface area contributed by atoms with Crippen LogP contribution in [0.5, 0.6) is 11.5 Å². The monoisotopic (exact) mass is 448 g/mol. The first-order valence-electron chi connectivity index (χ1n) is 11.9. The maximum absolute atomic E-state index is 12.8. The van der Waals surface area contributed by atoms with Crippen LogP contribution in [-0.2, 0) is 0 Å². The first kappa shape index (κ1) is 21.8. The van der Waals surface area contributed by atoms with E-state index in [0.717, 1.165) is 44.7 Å². The minimum absolute atomic E-state index is 0.176. The Balaban J connectivity index is 1.16. The number of benzene rings is 1. The number of rotatable bonds is 6. The number of hydrogen-bond acceptors (Lipinski definition) is 5. The standard InChI is InChI=1S/C26H32N4O3/c1-18(2)20-5-3-19(4-6-20)16-29-13-10-22(11-14-29)30-25(9-12-27-30)28-26(31)21-7-8-23-24(15-21)33-17-32-23/h3,7-9,12,15,20,22H,1,4-6,10-11,13-14,16-17H2,2H3,(H,28,31)/t20-/m1/s1. The molecular weight excluding hydrogens is 416 g/mol. The van der Waals surface area contributed by atoms with Gasteiger partial charge in [-0.05, 0) is 63.1 Å². The average molecular weight is 449 g/mol. The fourth-order valence-electron chi connectivity index (χ4n) is 5.02. The number of piperidine rings is 1. The molecule has 5 rings (SSSR count). The molecule has 7 nitrogen and oxygen atoms in total. The van der Waals surface area contributed by atoms with Gasteiger partial charge in [-0.3, -0.25) is 9.69 Å². The molecule has 0 radical (unpaired) electrons. The second kappa shape index (κ2) is 9.43. The molecule has 1 atom stereocenters. The highest BCUT2D eigenvalue weighted by Crippen LogP contribution is 2.33. The van der Waals surface area contributed by atoms with Crippen LogP contribution in [0.25, 0.3) is 0 Å². The molecular formula is C26H32N4O3. The molecule has 33 heavy (non-hydrogen) atoms. The topological polar surface area (TPSA) is 68.6 Å². The van der Waals surface area contributed by atoms with E-state index in [9.17, 15) is 4.79 Å². The number of aromatic nitrogens is 2. The summed E-state index contributed by atoms with van der Waals surface area (Å²) in [6, 6.07) is 7.39. The third-order valence-electron chi connectivity index (χ3n) is 7.08. The van der Waals surface area contributed by atoms with Crippen LogP contribution in [0.2, 0.25) is 0 Å². The zero-order valence-corrected chi connectivity index (χ0v) is 19.3. The summed E-state index contributed by atoms with van der Waals surface area (Å²) in [5.41, 5.74) is 3.42. The summed E-state index contributed by atoms with van der Waals surface area (Å²) in [5, 5.41) is 7.55. The van der Waals surface area contributed by atoms with E-state index in [0.29, 0.717) is 23.0 Å². The van der Waals surface area contributed by atoms with Crippen LogP contribution in [0.15, 0.2) is 54.3 Å². The number of nitrogens with zero attached hydrogens (tertiary/aromatic N) is 3. The highest BCUT2D eigenvalue weighted by atomic mass is 16.7. The SMILES string of the molecule is C=C(C)[C@@H]1CC=C(CN2CCC(n3nccc3NC(=O)c3ccc4c(c3)OCO4)CC2)CC1. The van der Waals surface area contributed by atoms with Crippen molar-refractivity contribution in [2.24, 2.45) is 5.92 Å². The maximum atomic E-state index is 12.8. The highest BCUT2D eigenvalue weighted by molar-refractivity contribution is 6.04. The van der Waals surface area contributed by atoms with Crippen LogP contribution < -0.4 is 14.8 Å². The number of anilines is 1. The minimum atomic E-state index is -0.176. The van der Waals surface area contributed by atoms with Gasteiger partial charge in [-0.2, -0.15) is 5.10 Å². The van der Waals surface area contributed by atoms with Crippen molar-refractivity contribution in [3.63, 3.8) is 0 Å². The Kier molecular flexibility index (Phi) is 6.22. The summed E-state index contributed by atoms with van der Waals surface area (Å²) in [6.45, 7) is 9.62. The summed E-state index contributed by atoms with van der Waals surface area (Å²) in [7, 11) is 0. The molecule has 1 saturated heterocycles. The van der Waals surface area contributed by atoms with Crippen LogP contribution in [0.4, 0.5) is 5.82 Å². The van der Waals surface area contributed by atoms with Crippen molar-refractivity contribution in [1.29, 1.82) is 0 Å². The summed E-state index contributed by atoms with van der Waals surface area (Å²) < 4.78 is 12.7. The van der Waals surface area contributed by atoms with Gasteiger partial charge in [0.1, 0.15) is 5.82 Å². The molecule has 0 saturated carbocycles. The minimum Gasteiger partial charge on any atom is -0.454 e. The fourth-order valence-corrected chi connectivity index (χ4v) is 5.02. The van der Waals surface area contributed by atoms with E-state index in [4.69, 9.17) is 9.47 Å². The molecule has 2 aromatic rings. The molecule has 1 fully saturated rings. The lowest BCUT2D eigenvalue weighted by molar-refractivity contribution is 0.102. The molecule has 0 unspecified atom stereocenters. The van der Waals surface area contributed by atoms with E-state index in [1.807, 2.05) is 10.7 Å². The zero-order chi connectivity index (χ0) is 22.8. The second-order valence-corrected chi connectivity index (χ2v) is 9.37. The molecule has 0 spiro atoms. The number of amides is 1. The van der Waals surface area contributed by atoms with Gasteiger partial charge < -0.3 is 14.8 Å². The van der Waals surface area contributed by atoms with Gasteiger partial charge >= 0.3 is 0 Å². The van der Waals surface area contributed by atoms with Crippen LogP contribution >= 0.6 is 0 Å². The molecule has 0 bridgehead atoms. The Bertz CT molecular complexity index is 1070. The largest absolute Gasteiger partial charge is 0.454 e. The summed E-state index contributed by atoms with van der Waals surface area (Å²) >= 11 is 0. The van der Waals surface area contributed by atoms with E-state index in [1.165, 1.54) is 18.4 Å². The molecule has 1 amide bonds. The van der Waals surface area contributed by atoms with Crippen LogP contribution in [0.1, 0.15) is 55.4 Å². The number of likely N-dealkylation sites (tertiary alicyclic amines) is 1. The zero-order valence-electron chi connectivity index (χ0n) is 19.3. The summed E-state index contributed by atoms with van der Waals surface area (Å²) in [4.78, 5) is 15.4. The van der Waals surface area contributed by atoms with Crippen LogP contribution in [0, 0.1) is 5.92 Å². The van der Waals surface area contributed by atoms with Gasteiger partial charge in [-0.15, -0.1) is 0 Å². The number of fused-ring (bicyclic) bond motifs is 1. The van der Waals surface area contributed by atoms with Crippen molar-refractivity contribution in [1.82, 2.24) is 14.7 Å². The number of hydrogen-bond donors (Lipinski definition) is 1. The molecule has 3 heterocycles. The number of allylic oxidation sites excluding steroid dienone is 2. The van der Waals surface area contributed by atoms with Crippen molar-refractivity contribution in [2.75, 3.05) is 31.7 Å². The van der Waals surface area contributed by atoms with Gasteiger partial charge in [0.25, 0.3) is 5.91 Å². The molecule has 1 aliphatic carbocycles. The predicted molar refractivity (Wildman–Crippen MR) is 128 cm³/mol. The average Bonchev–Trinajstić information content (AvgIpc) is 3.49. The van der Waals surface area contributed by atoms with Gasteiger partial charge in [0.05, 0.1) is 12.2 Å². The lowest BCUT2D eigenvalue weighted by Crippen LogP contribution is -2.36. The smallest absolute Gasteiger partial charge is 0.256 e. The number of nitrogens with one attached hydrogen (secondary N) is 1. The number of carbonyl (C=O) groups excluding carboxylic acids is 1. The van der Waals surface area contributed by atoms with Crippen molar-refractivity contribution in [3.05, 3.63) is 59.8 Å². The van der Waals surface area contributed by atoms with E-state index >= 15 is 0 Å². The first-order chi connectivity index (χ1) is 16.1. The van der Waals surface area contributed by atoms with Gasteiger partial charge in [-0.1, -0.05) is 23.8 Å². The summed E-state index contributed by atoms with van der Waals surface area (Å²) in [6.07, 6.45) is 9.80. The molecule has 1 N–H and O–H groups in total. The maximum Gasteiger partial charge on any atom is 0.256 e. The van der Waals surface area contributed by atoms with Gasteiger partial charge in [0.2, 0.25) is 6.79 Å². The molecule has 7 heteroatoms. The Hall–Kier alpha value is -3.06. The van der Waals surface area contributed by atoms with Crippen LogP contribution in [-0.4, -0.2) is 47.0 Å². The number of carbonyl (C=O) groups is 1. The second-order valence-electron chi connectivity index (χ2n) is 9.37. The lowest BCUT2D eigenvalue weighted by atomic mass is 9.85. The molecule has 174 valence electrons. The Morgan fingerprint density at radius 2 is 2.00 bits per heavy atom. The summed E-state index contributed by atoms with van der Waals surface area (Å²) in [5.74, 6) is 2.49. The van der Waals surface area contributed by atoms with Gasteiger partial charge in [0.15, 0.2) is 11.5 Å². The molecule has 1 aromatic heterocycles. The highest BCUT2D eigenvalue weighted by Gasteiger charge is 2.25. The molecule has 2 aliphatic heterocycles. The number of ether oxygens (including phenoxy) is 2. The van der Waals surface area contributed by atoms with Crippen molar-refractivity contribution in [2.45, 2.75) is 45.1 Å². The Morgan fingerprint density at radius 1 is 1.18 bits per heavy atom. The van der Waals surface area contributed by atoms with E-state index in [1.54, 1.807) is 30.0 Å². The first-order valence-corrected chi connectivity index (χ1v) is 11.9. The quantitative estimate of drug-likeness (QED) is 0.643. The normalized spacial score (nSPS) is 21.0. The van der Waals surface area contributed by atoms with Crippen molar-refractivity contribution < 1.29 is 14.3 Å². The van der Waals surface area contributed by atoms with Crippen LogP contribution in [0.3, 0.4) is 0 Å². The Morgan fingerprint density at radius 3 is 2.76 bits per heavy atom. The molecule has 1 aromatic carbocycles. The fraction of sp³-hybridized carbons (Fsp3) is 0.462. The van der Waals surface area contributed by atoms with Gasteiger partial charge in [-0.25, -0.2) is 4.68 Å². The Labute approximate surface area is 195 Å². The predicted octanol–water partition coefficient (Wildman–Crippen LogP) is 4.80. The van der Waals surface area contributed by atoms with E-state index in [-0.39, 0.29) is 18.7 Å². The molecule has 3 aliphatic rings. The third kappa shape index (κ3) is 4.83. The van der Waals surface area contributed by atoms with E-state index < -0.39 is 0 Å². The lowest BCUT2D eigenvalue weighted by Gasteiger charge is -2.34. The van der Waals surface area contributed by atoms with Gasteiger partial charge in [0, 0.05) is 31.3 Å². The van der Waals surface area contributed by atoms with E-state index in [2.05, 4.69) is 34.9 Å². The third-order valence-corrected chi connectivity index (χ3v) is 7.08.